The number of pyridine rings is 1. The molecule has 106 valence electrons. The number of hydrogen-bond donors (Lipinski definition) is 1. The van der Waals surface area contributed by atoms with E-state index in [0.29, 0.717) is 10.8 Å². The van der Waals surface area contributed by atoms with Crippen LogP contribution >= 0.6 is 11.6 Å². The molecule has 2 aromatic carbocycles. The van der Waals surface area contributed by atoms with Crippen molar-refractivity contribution >= 4 is 28.1 Å². The zero-order valence-corrected chi connectivity index (χ0v) is 12.4. The number of fused-ring (bicyclic) bond motifs is 1. The third-order valence-electron chi connectivity index (χ3n) is 3.35. The van der Waals surface area contributed by atoms with Crippen molar-refractivity contribution in [1.82, 2.24) is 4.98 Å². The molecule has 21 heavy (non-hydrogen) atoms. The molecule has 4 heteroatoms. The fourth-order valence-corrected chi connectivity index (χ4v) is 2.41. The lowest BCUT2D eigenvalue weighted by molar-refractivity contribution is 0.415. The number of rotatable bonds is 4. The maximum Gasteiger partial charge on any atom is 0.139 e. The van der Waals surface area contributed by atoms with E-state index in [9.17, 15) is 0 Å². The number of aromatic nitrogens is 1. The van der Waals surface area contributed by atoms with Crippen LogP contribution in [-0.4, -0.2) is 12.1 Å². The number of methoxy groups -OCH3 is 1. The maximum absolute atomic E-state index is 6.02. The molecule has 3 rings (SSSR count). The lowest BCUT2D eigenvalue weighted by Crippen LogP contribution is -1.99. The molecule has 1 aromatic heterocycles. The summed E-state index contributed by atoms with van der Waals surface area (Å²) in [5.41, 5.74) is 2.19. The Balaban J connectivity index is 1.76. The highest BCUT2D eigenvalue weighted by Gasteiger charge is 2.02. The molecular weight excluding hydrogens is 284 g/mol. The first-order valence-electron chi connectivity index (χ1n) is 6.66. The Kier molecular flexibility index (Phi) is 3.93. The smallest absolute Gasteiger partial charge is 0.139 e. The predicted octanol–water partition coefficient (Wildman–Crippen LogP) is 4.51. The van der Waals surface area contributed by atoms with Gasteiger partial charge in [0, 0.05) is 36.1 Å². The van der Waals surface area contributed by atoms with Crippen molar-refractivity contribution in [2.24, 2.45) is 0 Å². The molecule has 0 bridgehead atoms. The second kappa shape index (κ2) is 6.02. The maximum atomic E-state index is 6.02. The molecule has 3 nitrogen and oxygen atoms in total. The van der Waals surface area contributed by atoms with Gasteiger partial charge in [-0.3, -0.25) is 4.98 Å². The molecule has 3 aromatic rings. The van der Waals surface area contributed by atoms with Crippen molar-refractivity contribution in [2.75, 3.05) is 12.4 Å². The first kappa shape index (κ1) is 13.7. The van der Waals surface area contributed by atoms with Gasteiger partial charge in [-0.25, -0.2) is 0 Å². The Bertz CT molecular complexity index is 774. The zero-order chi connectivity index (χ0) is 14.7. The molecule has 0 unspecified atom stereocenters. The number of halogens is 1. The van der Waals surface area contributed by atoms with E-state index in [0.717, 1.165) is 17.6 Å². The van der Waals surface area contributed by atoms with E-state index >= 15 is 0 Å². The molecular formula is C17H15ClN2O. The van der Waals surface area contributed by atoms with Gasteiger partial charge in [0.15, 0.2) is 0 Å². The zero-order valence-electron chi connectivity index (χ0n) is 11.6. The molecule has 0 aliphatic carbocycles. The van der Waals surface area contributed by atoms with E-state index in [-0.39, 0.29) is 0 Å². The average Bonchev–Trinajstić information content (AvgIpc) is 2.54. The van der Waals surface area contributed by atoms with Crippen LogP contribution in [-0.2, 0) is 6.54 Å². The predicted molar refractivity (Wildman–Crippen MR) is 87.1 cm³/mol. The monoisotopic (exact) mass is 298 g/mol. The Morgan fingerprint density at radius 1 is 1.10 bits per heavy atom. The van der Waals surface area contributed by atoms with Crippen molar-refractivity contribution in [1.29, 1.82) is 0 Å². The molecule has 0 aliphatic heterocycles. The van der Waals surface area contributed by atoms with Gasteiger partial charge in [-0.2, -0.15) is 0 Å². The standard InChI is InChI=1S/C17H15ClN2O/c1-21-17-9-15(4-5-16(17)18)20-10-12-2-3-14-11-19-7-6-13(14)8-12/h2-9,11,20H,10H2,1H3. The van der Waals surface area contributed by atoms with Crippen molar-refractivity contribution < 1.29 is 4.74 Å². The summed E-state index contributed by atoms with van der Waals surface area (Å²) in [5.74, 6) is 0.672. The number of anilines is 1. The van der Waals surface area contributed by atoms with E-state index in [2.05, 4.69) is 28.5 Å². The van der Waals surface area contributed by atoms with Gasteiger partial charge in [0.25, 0.3) is 0 Å². The van der Waals surface area contributed by atoms with E-state index in [1.165, 1.54) is 10.9 Å². The lowest BCUT2D eigenvalue weighted by atomic mass is 10.1. The van der Waals surface area contributed by atoms with Gasteiger partial charge in [-0.15, -0.1) is 0 Å². The topological polar surface area (TPSA) is 34.1 Å². The molecule has 0 atom stereocenters. The fraction of sp³-hybridized carbons (Fsp3) is 0.118. The summed E-state index contributed by atoms with van der Waals surface area (Å²) >= 11 is 6.02. The summed E-state index contributed by atoms with van der Waals surface area (Å²) in [6, 6.07) is 14.0. The summed E-state index contributed by atoms with van der Waals surface area (Å²) in [6.45, 7) is 0.739. The number of nitrogens with one attached hydrogen (secondary N) is 1. The van der Waals surface area contributed by atoms with Crippen LogP contribution in [0.15, 0.2) is 54.9 Å². The van der Waals surface area contributed by atoms with Gasteiger partial charge in [0.05, 0.1) is 12.1 Å². The van der Waals surface area contributed by atoms with Crippen LogP contribution in [0.4, 0.5) is 5.69 Å². The molecule has 0 saturated carbocycles. The molecule has 0 saturated heterocycles. The van der Waals surface area contributed by atoms with Gasteiger partial charge >= 0.3 is 0 Å². The Morgan fingerprint density at radius 2 is 2.00 bits per heavy atom. The first-order valence-corrected chi connectivity index (χ1v) is 7.04. The Hall–Kier alpha value is -2.26. The summed E-state index contributed by atoms with van der Waals surface area (Å²) in [6.07, 6.45) is 3.68. The van der Waals surface area contributed by atoms with Crippen LogP contribution in [0.3, 0.4) is 0 Å². The molecule has 0 spiro atoms. The van der Waals surface area contributed by atoms with Gasteiger partial charge < -0.3 is 10.1 Å². The quantitative estimate of drug-likeness (QED) is 0.769. The first-order chi connectivity index (χ1) is 10.3. The molecule has 1 heterocycles. The fourth-order valence-electron chi connectivity index (χ4n) is 2.22. The van der Waals surface area contributed by atoms with Crippen molar-refractivity contribution in [3.05, 3.63) is 65.4 Å². The van der Waals surface area contributed by atoms with E-state index in [1.54, 1.807) is 7.11 Å². The Labute approximate surface area is 128 Å². The highest BCUT2D eigenvalue weighted by Crippen LogP contribution is 2.27. The molecule has 0 fully saturated rings. The van der Waals surface area contributed by atoms with Crippen LogP contribution in [0, 0.1) is 0 Å². The highest BCUT2D eigenvalue weighted by molar-refractivity contribution is 6.32. The lowest BCUT2D eigenvalue weighted by Gasteiger charge is -2.10. The minimum absolute atomic E-state index is 0.612. The summed E-state index contributed by atoms with van der Waals surface area (Å²) < 4.78 is 5.22. The van der Waals surface area contributed by atoms with Crippen LogP contribution < -0.4 is 10.1 Å². The molecule has 0 radical (unpaired) electrons. The third-order valence-corrected chi connectivity index (χ3v) is 3.66. The number of ether oxygens (including phenoxy) is 1. The van der Waals surface area contributed by atoms with Crippen molar-refractivity contribution in [3.8, 4) is 5.75 Å². The largest absolute Gasteiger partial charge is 0.495 e. The second-order valence-corrected chi connectivity index (χ2v) is 5.17. The van der Waals surface area contributed by atoms with E-state index < -0.39 is 0 Å². The van der Waals surface area contributed by atoms with Gasteiger partial charge in [-0.05, 0) is 35.2 Å². The van der Waals surface area contributed by atoms with Gasteiger partial charge in [0.1, 0.15) is 5.75 Å². The van der Waals surface area contributed by atoms with Crippen LogP contribution in [0.25, 0.3) is 10.8 Å². The number of benzene rings is 2. The minimum Gasteiger partial charge on any atom is -0.495 e. The number of nitrogens with zero attached hydrogens (tertiary/aromatic N) is 1. The minimum atomic E-state index is 0.612. The highest BCUT2D eigenvalue weighted by atomic mass is 35.5. The molecule has 0 amide bonds. The molecule has 1 N–H and O–H groups in total. The van der Waals surface area contributed by atoms with E-state index in [4.69, 9.17) is 16.3 Å². The van der Waals surface area contributed by atoms with Gasteiger partial charge in [0.2, 0.25) is 0 Å². The normalized spacial score (nSPS) is 10.6. The van der Waals surface area contributed by atoms with Gasteiger partial charge in [-0.1, -0.05) is 23.7 Å². The molecule has 0 aliphatic rings. The van der Waals surface area contributed by atoms with Crippen LogP contribution in [0.5, 0.6) is 5.75 Å². The SMILES string of the molecule is COc1cc(NCc2ccc3cnccc3c2)ccc1Cl. The summed E-state index contributed by atoms with van der Waals surface area (Å²) in [7, 11) is 1.61. The van der Waals surface area contributed by atoms with Crippen LogP contribution in [0.2, 0.25) is 5.02 Å². The Morgan fingerprint density at radius 3 is 2.86 bits per heavy atom. The average molecular weight is 299 g/mol. The van der Waals surface area contributed by atoms with Crippen molar-refractivity contribution in [2.45, 2.75) is 6.54 Å². The van der Waals surface area contributed by atoms with E-state index in [1.807, 2.05) is 36.7 Å². The number of hydrogen-bond acceptors (Lipinski definition) is 3. The van der Waals surface area contributed by atoms with Crippen molar-refractivity contribution in [3.63, 3.8) is 0 Å². The third kappa shape index (κ3) is 3.09. The summed E-state index contributed by atoms with van der Waals surface area (Å²) in [4.78, 5) is 4.12. The second-order valence-electron chi connectivity index (χ2n) is 4.76. The summed E-state index contributed by atoms with van der Waals surface area (Å²) in [5, 5.41) is 6.33. The van der Waals surface area contributed by atoms with Crippen LogP contribution in [0.1, 0.15) is 5.56 Å².